The molecule has 1 aromatic heterocycles. The summed E-state index contributed by atoms with van der Waals surface area (Å²) in [6.07, 6.45) is 0. The summed E-state index contributed by atoms with van der Waals surface area (Å²) in [6.45, 7) is 1.18. The van der Waals surface area contributed by atoms with Crippen LogP contribution in [0.1, 0.15) is 0 Å². The summed E-state index contributed by atoms with van der Waals surface area (Å²) in [4.78, 5) is 3.98. The molecule has 0 saturated carbocycles. The number of pyridine rings is 1. The van der Waals surface area contributed by atoms with Crippen LogP contribution >= 0.6 is 34.8 Å². The molecule has 0 aliphatic heterocycles. The first-order chi connectivity index (χ1) is 6.65. The van der Waals surface area contributed by atoms with E-state index in [1.54, 1.807) is 13.2 Å². The van der Waals surface area contributed by atoms with Crippen molar-refractivity contribution < 1.29 is 4.74 Å². The molecule has 3 nitrogen and oxygen atoms in total. The van der Waals surface area contributed by atoms with Crippen molar-refractivity contribution in [3.05, 3.63) is 21.3 Å². The van der Waals surface area contributed by atoms with E-state index in [0.29, 0.717) is 29.0 Å². The standard InChI is InChI=1S/C8H9Cl3N2O/c1-14-3-2-12-8-6(10)4-5(9)7(11)13-8/h4H,2-3H2,1H3,(H,12,13). The number of hydrogen-bond acceptors (Lipinski definition) is 3. The van der Waals surface area contributed by atoms with Crippen LogP contribution in [0.5, 0.6) is 0 Å². The van der Waals surface area contributed by atoms with Gasteiger partial charge in [-0.2, -0.15) is 0 Å². The van der Waals surface area contributed by atoms with Crippen molar-refractivity contribution in [2.45, 2.75) is 0 Å². The van der Waals surface area contributed by atoms with Crippen LogP contribution in [0.2, 0.25) is 15.2 Å². The van der Waals surface area contributed by atoms with E-state index in [1.165, 1.54) is 0 Å². The fourth-order valence-electron chi connectivity index (χ4n) is 0.840. The molecule has 0 bridgehead atoms. The summed E-state index contributed by atoms with van der Waals surface area (Å²) in [5, 5.41) is 3.99. The smallest absolute Gasteiger partial charge is 0.150 e. The van der Waals surface area contributed by atoms with Crippen molar-refractivity contribution in [3.63, 3.8) is 0 Å². The maximum absolute atomic E-state index is 5.87. The van der Waals surface area contributed by atoms with Crippen LogP contribution in [0.3, 0.4) is 0 Å². The van der Waals surface area contributed by atoms with Gasteiger partial charge < -0.3 is 10.1 Å². The van der Waals surface area contributed by atoms with Crippen molar-refractivity contribution in [1.29, 1.82) is 0 Å². The van der Waals surface area contributed by atoms with Gasteiger partial charge >= 0.3 is 0 Å². The van der Waals surface area contributed by atoms with E-state index in [2.05, 4.69) is 10.3 Å². The number of hydrogen-bond donors (Lipinski definition) is 1. The van der Waals surface area contributed by atoms with Gasteiger partial charge in [0.25, 0.3) is 0 Å². The van der Waals surface area contributed by atoms with Crippen LogP contribution < -0.4 is 5.32 Å². The normalized spacial score (nSPS) is 10.3. The number of rotatable bonds is 4. The van der Waals surface area contributed by atoms with Crippen molar-refractivity contribution in [2.24, 2.45) is 0 Å². The fourth-order valence-corrected chi connectivity index (χ4v) is 1.40. The summed E-state index contributed by atoms with van der Waals surface area (Å²) < 4.78 is 4.86. The molecule has 0 aromatic carbocycles. The zero-order valence-corrected chi connectivity index (χ0v) is 9.75. The Balaban J connectivity index is 2.72. The van der Waals surface area contributed by atoms with Gasteiger partial charge in [-0.05, 0) is 6.07 Å². The zero-order chi connectivity index (χ0) is 10.6. The van der Waals surface area contributed by atoms with E-state index < -0.39 is 0 Å². The molecule has 1 N–H and O–H groups in total. The van der Waals surface area contributed by atoms with Crippen molar-refractivity contribution >= 4 is 40.6 Å². The molecule has 0 amide bonds. The molecule has 0 unspecified atom stereocenters. The molecule has 0 radical (unpaired) electrons. The molecule has 14 heavy (non-hydrogen) atoms. The Bertz CT molecular complexity index is 320. The van der Waals surface area contributed by atoms with Crippen LogP contribution in [0.15, 0.2) is 6.07 Å². The molecule has 1 aromatic rings. The molecular formula is C8H9Cl3N2O. The van der Waals surface area contributed by atoms with Crippen LogP contribution in [-0.2, 0) is 4.74 Å². The zero-order valence-electron chi connectivity index (χ0n) is 7.48. The first-order valence-electron chi connectivity index (χ1n) is 3.89. The Hall–Kier alpha value is -0.220. The molecule has 0 spiro atoms. The average Bonchev–Trinajstić information content (AvgIpc) is 2.14. The molecule has 0 aliphatic carbocycles. The van der Waals surface area contributed by atoms with E-state index in [4.69, 9.17) is 39.5 Å². The molecule has 0 fully saturated rings. The van der Waals surface area contributed by atoms with Gasteiger partial charge in [0.15, 0.2) is 0 Å². The van der Waals surface area contributed by atoms with E-state index in [1.807, 2.05) is 0 Å². The maximum Gasteiger partial charge on any atom is 0.150 e. The topological polar surface area (TPSA) is 34.1 Å². The second-order valence-corrected chi connectivity index (χ2v) is 3.68. The molecule has 0 aliphatic rings. The second kappa shape index (κ2) is 5.61. The number of anilines is 1. The number of nitrogens with one attached hydrogen (secondary N) is 1. The highest BCUT2D eigenvalue weighted by atomic mass is 35.5. The molecule has 1 heterocycles. The van der Waals surface area contributed by atoms with Gasteiger partial charge in [-0.25, -0.2) is 4.98 Å². The van der Waals surface area contributed by atoms with E-state index in [0.717, 1.165) is 0 Å². The lowest BCUT2D eigenvalue weighted by Crippen LogP contribution is -2.09. The number of halogens is 3. The van der Waals surface area contributed by atoms with Gasteiger partial charge in [0.05, 0.1) is 16.7 Å². The van der Waals surface area contributed by atoms with Gasteiger partial charge in [0.2, 0.25) is 0 Å². The lowest BCUT2D eigenvalue weighted by molar-refractivity contribution is 0.210. The van der Waals surface area contributed by atoms with Crippen LogP contribution in [0.4, 0.5) is 5.82 Å². The maximum atomic E-state index is 5.87. The summed E-state index contributed by atoms with van der Waals surface area (Å²) in [5.41, 5.74) is 0. The van der Waals surface area contributed by atoms with E-state index >= 15 is 0 Å². The predicted molar refractivity (Wildman–Crippen MR) is 59.6 cm³/mol. The molecule has 0 atom stereocenters. The van der Waals surface area contributed by atoms with Gasteiger partial charge in [0, 0.05) is 13.7 Å². The highest BCUT2D eigenvalue weighted by Gasteiger charge is 2.06. The lowest BCUT2D eigenvalue weighted by Gasteiger charge is -2.07. The number of methoxy groups -OCH3 is 1. The van der Waals surface area contributed by atoms with E-state index in [-0.39, 0.29) is 5.15 Å². The largest absolute Gasteiger partial charge is 0.383 e. The monoisotopic (exact) mass is 254 g/mol. The minimum absolute atomic E-state index is 0.232. The minimum atomic E-state index is 0.232. The minimum Gasteiger partial charge on any atom is -0.383 e. The molecule has 1 rings (SSSR count). The second-order valence-electron chi connectivity index (χ2n) is 2.51. The molecule has 0 saturated heterocycles. The Morgan fingerprint density at radius 3 is 2.71 bits per heavy atom. The first-order valence-corrected chi connectivity index (χ1v) is 5.03. The number of aromatic nitrogens is 1. The SMILES string of the molecule is COCCNc1nc(Cl)c(Cl)cc1Cl. The molecular weight excluding hydrogens is 246 g/mol. The van der Waals surface area contributed by atoms with Crippen LogP contribution in [0, 0.1) is 0 Å². The summed E-state index contributed by atoms with van der Waals surface area (Å²) in [6, 6.07) is 1.55. The van der Waals surface area contributed by atoms with Crippen molar-refractivity contribution in [3.8, 4) is 0 Å². The summed E-state index contributed by atoms with van der Waals surface area (Å²) in [5.74, 6) is 0.512. The highest BCUT2D eigenvalue weighted by Crippen LogP contribution is 2.28. The number of ether oxygens (including phenoxy) is 1. The molecule has 78 valence electrons. The van der Waals surface area contributed by atoms with Gasteiger partial charge in [-0.3, -0.25) is 0 Å². The van der Waals surface area contributed by atoms with Gasteiger partial charge in [-0.1, -0.05) is 34.8 Å². The molecule has 6 heteroatoms. The van der Waals surface area contributed by atoms with E-state index in [9.17, 15) is 0 Å². The highest BCUT2D eigenvalue weighted by molar-refractivity contribution is 6.42. The quantitative estimate of drug-likeness (QED) is 0.663. The lowest BCUT2D eigenvalue weighted by atomic mass is 10.4. The fraction of sp³-hybridized carbons (Fsp3) is 0.375. The number of nitrogens with zero attached hydrogens (tertiary/aromatic N) is 1. The third-order valence-electron chi connectivity index (χ3n) is 1.49. The van der Waals surface area contributed by atoms with Crippen LogP contribution in [0.25, 0.3) is 0 Å². The Morgan fingerprint density at radius 1 is 1.36 bits per heavy atom. The average molecular weight is 256 g/mol. The van der Waals surface area contributed by atoms with Crippen molar-refractivity contribution in [2.75, 3.05) is 25.6 Å². The van der Waals surface area contributed by atoms with Gasteiger partial charge in [-0.15, -0.1) is 0 Å². The Labute approximate surface area is 97.3 Å². The predicted octanol–water partition coefficient (Wildman–Crippen LogP) is 3.10. The van der Waals surface area contributed by atoms with Gasteiger partial charge in [0.1, 0.15) is 11.0 Å². The summed E-state index contributed by atoms with van der Waals surface area (Å²) in [7, 11) is 1.62. The Kier molecular flexibility index (Phi) is 4.75. The Morgan fingerprint density at radius 2 is 2.07 bits per heavy atom. The third-order valence-corrected chi connectivity index (χ3v) is 2.45. The summed E-state index contributed by atoms with van der Waals surface area (Å²) >= 11 is 17.3. The van der Waals surface area contributed by atoms with Crippen molar-refractivity contribution in [1.82, 2.24) is 4.98 Å². The van der Waals surface area contributed by atoms with Crippen LogP contribution in [-0.4, -0.2) is 25.2 Å². The third kappa shape index (κ3) is 3.17. The first kappa shape index (κ1) is 11.9.